The van der Waals surface area contributed by atoms with Gasteiger partial charge in [0.05, 0.1) is 0 Å². The molecule has 2 saturated heterocycles. The molecule has 0 aromatic heterocycles. The van der Waals surface area contributed by atoms with Gasteiger partial charge in [-0.25, -0.2) is 0 Å². The van der Waals surface area contributed by atoms with Crippen LogP contribution in [0.2, 0.25) is 0 Å². The third kappa shape index (κ3) is 8.65. The first-order valence-electron chi connectivity index (χ1n) is 10.1. The second kappa shape index (κ2) is 11.7. The fourth-order valence-corrected chi connectivity index (χ4v) is 9.26. The van der Waals surface area contributed by atoms with E-state index in [1.165, 1.54) is 27.7 Å². The molecule has 0 aromatic rings. The van der Waals surface area contributed by atoms with Gasteiger partial charge in [0, 0.05) is 0 Å². The van der Waals surface area contributed by atoms with Gasteiger partial charge in [0.15, 0.2) is 0 Å². The van der Waals surface area contributed by atoms with Crippen molar-refractivity contribution in [2.24, 2.45) is 5.41 Å². The van der Waals surface area contributed by atoms with Crippen LogP contribution in [0, 0.1) is 5.41 Å². The first-order valence-corrected chi connectivity index (χ1v) is 15.4. The second-order valence-electron chi connectivity index (χ2n) is 8.33. The summed E-state index contributed by atoms with van der Waals surface area (Å²) in [5.41, 5.74) is -1.14. The van der Waals surface area contributed by atoms with Crippen molar-refractivity contribution in [2.75, 3.05) is 19.8 Å². The van der Waals surface area contributed by atoms with Crippen LogP contribution in [-0.2, 0) is 51.9 Å². The number of carbonyl (C=O) groups excluding carboxylic acids is 4. The van der Waals surface area contributed by atoms with E-state index in [1.54, 1.807) is 0 Å². The maximum absolute atomic E-state index is 11.9. The fraction of sp³-hybridized carbons (Fsp3) is 0.789. The van der Waals surface area contributed by atoms with Crippen molar-refractivity contribution >= 4 is 55.5 Å². The van der Waals surface area contributed by atoms with Crippen molar-refractivity contribution in [3.8, 4) is 0 Å². The Bertz CT molecular complexity index is 806. The monoisotopic (exact) mass is 576 g/mol. The van der Waals surface area contributed by atoms with Crippen LogP contribution in [0.15, 0.2) is 0 Å². The number of rotatable bonds is 7. The van der Waals surface area contributed by atoms with E-state index in [-0.39, 0.29) is 12.0 Å². The van der Waals surface area contributed by atoms with Gasteiger partial charge in [0.25, 0.3) is 0 Å². The van der Waals surface area contributed by atoms with Gasteiger partial charge in [-0.05, 0) is 0 Å². The summed E-state index contributed by atoms with van der Waals surface area (Å²) >= 11 is 4.07. The maximum atomic E-state index is 11.9. The molecule has 11 nitrogen and oxygen atoms in total. The van der Waals surface area contributed by atoms with Crippen molar-refractivity contribution in [3.05, 3.63) is 0 Å². The molecular formula is C19H29O11PSSe. The molecule has 2 aliphatic rings. The van der Waals surface area contributed by atoms with Crippen LogP contribution in [0.1, 0.15) is 41.5 Å². The van der Waals surface area contributed by atoms with Crippen molar-refractivity contribution in [1.29, 1.82) is 0 Å². The van der Waals surface area contributed by atoms with E-state index >= 15 is 0 Å². The summed E-state index contributed by atoms with van der Waals surface area (Å²) in [7, 11) is 0. The standard InChI is InChI=1S/C19H29O11PSSe/c1-10(20)24-7-14-15(27-11(2)21)16(28-12(3)22)17(29-13(4)23)18(30-14)32-31(33)25-8-19(5,6)9-26-31/h14-18H,7-9H2,1-6H3/t14-,15-,16+,17-,18+/m1/s1. The number of carbonyl (C=O) groups is 4. The van der Waals surface area contributed by atoms with Gasteiger partial charge in [-0.2, -0.15) is 0 Å². The first-order chi connectivity index (χ1) is 15.2. The zero-order chi connectivity index (χ0) is 25.0. The van der Waals surface area contributed by atoms with Gasteiger partial charge in [0.1, 0.15) is 0 Å². The molecule has 188 valence electrons. The molecule has 5 atom stereocenters. The van der Waals surface area contributed by atoms with Crippen LogP contribution >= 0.6 is 16.5 Å². The molecule has 2 aliphatic heterocycles. The van der Waals surface area contributed by atoms with Gasteiger partial charge in [-0.3, -0.25) is 0 Å². The van der Waals surface area contributed by atoms with E-state index in [0.717, 1.165) is 11.4 Å². The Kier molecular flexibility index (Phi) is 10.00. The molecule has 0 unspecified atom stereocenters. The van der Waals surface area contributed by atoms with Crippen molar-refractivity contribution in [1.82, 2.24) is 0 Å². The Balaban J connectivity index is 2.40. The molecule has 33 heavy (non-hydrogen) atoms. The average Bonchev–Trinajstić information content (AvgIpc) is 2.67. The summed E-state index contributed by atoms with van der Waals surface area (Å²) in [4.78, 5) is 47.0. The Morgan fingerprint density at radius 2 is 1.36 bits per heavy atom. The normalized spacial score (nSPS) is 30.5. The topological polar surface area (TPSA) is 133 Å². The van der Waals surface area contributed by atoms with E-state index < -0.39 is 58.9 Å². The quantitative estimate of drug-likeness (QED) is 0.190. The summed E-state index contributed by atoms with van der Waals surface area (Å²) < 4.78 is 39.4. The molecular weight excluding hydrogens is 546 g/mol. The molecule has 0 radical (unpaired) electrons. The van der Waals surface area contributed by atoms with Crippen molar-refractivity contribution in [3.63, 3.8) is 0 Å². The molecule has 14 heteroatoms. The zero-order valence-corrected chi connectivity index (χ0v) is 22.7. The summed E-state index contributed by atoms with van der Waals surface area (Å²) in [5, 5.41) is -2.65. The Hall–Kier alpha value is -0.941. The van der Waals surface area contributed by atoms with Gasteiger partial charge in [-0.15, -0.1) is 0 Å². The summed E-state index contributed by atoms with van der Waals surface area (Å²) in [6.07, 6.45) is -4.61. The van der Waals surface area contributed by atoms with E-state index in [0.29, 0.717) is 13.2 Å². The summed E-state index contributed by atoms with van der Waals surface area (Å²) in [5.74, 6) is -2.61. The van der Waals surface area contributed by atoms with Crippen LogP contribution in [0.5, 0.6) is 0 Å². The van der Waals surface area contributed by atoms with E-state index in [1.807, 2.05) is 13.8 Å². The van der Waals surface area contributed by atoms with Crippen molar-refractivity contribution in [2.45, 2.75) is 71.4 Å². The van der Waals surface area contributed by atoms with Crippen LogP contribution < -0.4 is 0 Å². The van der Waals surface area contributed by atoms with Crippen LogP contribution in [0.4, 0.5) is 0 Å². The Morgan fingerprint density at radius 1 is 0.879 bits per heavy atom. The predicted octanol–water partition coefficient (Wildman–Crippen LogP) is 1.72. The minimum atomic E-state index is -2.65. The molecule has 0 N–H and O–H groups in total. The number of hydrogen-bond donors (Lipinski definition) is 0. The molecule has 0 saturated carbocycles. The van der Waals surface area contributed by atoms with Gasteiger partial charge in [-0.1, -0.05) is 0 Å². The van der Waals surface area contributed by atoms with E-state index in [2.05, 4.69) is 15.1 Å². The number of hydrogen-bond acceptors (Lipinski definition) is 12. The molecule has 2 rings (SSSR count). The number of ether oxygens (including phenoxy) is 5. The van der Waals surface area contributed by atoms with Crippen LogP contribution in [-0.4, -0.2) is 88.6 Å². The molecule has 0 amide bonds. The average molecular weight is 575 g/mol. The zero-order valence-electron chi connectivity index (χ0n) is 19.3. The van der Waals surface area contributed by atoms with E-state index in [4.69, 9.17) is 32.7 Å². The SMILES string of the molecule is CC(=O)OC[C@H]1O[C@@H](SP2(=[Se])OCC(C)(C)CO2)[C@H](OC(C)=O)[C@@H](OC(C)=O)[C@@H]1OC(C)=O. The van der Waals surface area contributed by atoms with E-state index in [9.17, 15) is 19.2 Å². The van der Waals surface area contributed by atoms with Crippen LogP contribution in [0.3, 0.4) is 0 Å². The molecule has 0 spiro atoms. The van der Waals surface area contributed by atoms with Gasteiger partial charge < -0.3 is 0 Å². The van der Waals surface area contributed by atoms with Crippen LogP contribution in [0.25, 0.3) is 0 Å². The summed E-state index contributed by atoms with van der Waals surface area (Å²) in [6, 6.07) is 0. The van der Waals surface area contributed by atoms with Crippen molar-refractivity contribution < 1.29 is 51.9 Å². The Labute approximate surface area is 203 Å². The molecule has 0 aliphatic carbocycles. The first kappa shape index (κ1) is 28.3. The molecule has 0 bridgehead atoms. The Morgan fingerprint density at radius 3 is 1.85 bits per heavy atom. The second-order valence-corrected chi connectivity index (χ2v) is 17.1. The number of esters is 4. The van der Waals surface area contributed by atoms with Gasteiger partial charge in [0.2, 0.25) is 0 Å². The molecule has 2 fully saturated rings. The summed E-state index contributed by atoms with van der Waals surface area (Å²) in [6.45, 7) is 9.30. The van der Waals surface area contributed by atoms with Gasteiger partial charge >= 0.3 is 204 Å². The third-order valence-electron chi connectivity index (χ3n) is 4.41. The fourth-order valence-electron chi connectivity index (χ4n) is 3.05. The molecule has 0 aromatic carbocycles. The third-order valence-corrected chi connectivity index (χ3v) is 11.1. The minimum absolute atomic E-state index is 0.185. The molecule has 2 heterocycles. The predicted molar refractivity (Wildman–Crippen MR) is 118 cm³/mol.